The molecular weight excluding hydrogens is 376 g/mol. The van der Waals surface area contributed by atoms with Crippen LogP contribution in [-0.2, 0) is 14.3 Å². The molecule has 0 radical (unpaired) electrons. The highest BCUT2D eigenvalue weighted by molar-refractivity contribution is 5.98. The number of hydrogen-bond acceptors (Lipinski definition) is 3. The van der Waals surface area contributed by atoms with Gasteiger partial charge in [0.2, 0.25) is 5.91 Å². The van der Waals surface area contributed by atoms with Gasteiger partial charge in [-0.3, -0.25) is 9.59 Å². The van der Waals surface area contributed by atoms with Crippen LogP contribution in [0.5, 0.6) is 0 Å². The Morgan fingerprint density at radius 1 is 0.967 bits per heavy atom. The van der Waals surface area contributed by atoms with Crippen molar-refractivity contribution in [3.8, 4) is 0 Å². The second-order valence-electron chi connectivity index (χ2n) is 8.97. The van der Waals surface area contributed by atoms with Gasteiger partial charge in [0.1, 0.15) is 12.6 Å². The zero-order valence-corrected chi connectivity index (χ0v) is 17.9. The Morgan fingerprint density at radius 2 is 1.63 bits per heavy atom. The summed E-state index contributed by atoms with van der Waals surface area (Å²) >= 11 is 0. The first-order valence-corrected chi connectivity index (χ1v) is 11.7. The molecule has 1 N–H and O–H groups in total. The van der Waals surface area contributed by atoms with Crippen LogP contribution in [0, 0.1) is 0 Å². The summed E-state index contributed by atoms with van der Waals surface area (Å²) in [6.45, 7) is 0.131. The Balaban J connectivity index is 1.46. The van der Waals surface area contributed by atoms with Gasteiger partial charge in [0.25, 0.3) is 5.91 Å². The average Bonchev–Trinajstić information content (AvgIpc) is 2.74. The van der Waals surface area contributed by atoms with Crippen molar-refractivity contribution in [1.82, 2.24) is 10.2 Å². The van der Waals surface area contributed by atoms with Crippen LogP contribution in [0.25, 0.3) is 6.08 Å². The van der Waals surface area contributed by atoms with Gasteiger partial charge in [0.05, 0.1) is 6.04 Å². The maximum Gasteiger partial charge on any atom is 0.289 e. The Labute approximate surface area is 179 Å². The second kappa shape index (κ2) is 10.1. The number of nitrogens with zero attached hydrogens (tertiary/aromatic N) is 1. The smallest absolute Gasteiger partial charge is 0.289 e. The molecule has 1 aliphatic heterocycles. The van der Waals surface area contributed by atoms with E-state index in [1.54, 1.807) is 4.90 Å². The number of morpholine rings is 1. The number of nitrogens with one attached hydrogen (secondary N) is 1. The third kappa shape index (κ3) is 5.24. The van der Waals surface area contributed by atoms with Gasteiger partial charge in [0, 0.05) is 6.04 Å². The van der Waals surface area contributed by atoms with E-state index < -0.39 is 0 Å². The summed E-state index contributed by atoms with van der Waals surface area (Å²) in [6, 6.07) is 10.0. The van der Waals surface area contributed by atoms with Crippen LogP contribution in [0.1, 0.15) is 76.2 Å². The monoisotopic (exact) mass is 410 g/mol. The molecule has 2 atom stereocenters. The van der Waals surface area contributed by atoms with Gasteiger partial charge in [0.15, 0.2) is 5.76 Å². The SMILES string of the molecule is O=C(CN1C(=O)/C(=C\c2ccccc2)OC2CCCCC21)NC1CCCCCCC1. The summed E-state index contributed by atoms with van der Waals surface area (Å²) in [5.74, 6) is 0.178. The number of hydrogen-bond donors (Lipinski definition) is 1. The quantitative estimate of drug-likeness (QED) is 0.747. The lowest BCUT2D eigenvalue weighted by molar-refractivity contribution is -0.152. The van der Waals surface area contributed by atoms with Gasteiger partial charge in [-0.25, -0.2) is 0 Å². The van der Waals surface area contributed by atoms with E-state index in [9.17, 15) is 9.59 Å². The molecule has 1 heterocycles. The minimum atomic E-state index is -0.158. The molecule has 3 fully saturated rings. The van der Waals surface area contributed by atoms with Crippen molar-refractivity contribution in [3.63, 3.8) is 0 Å². The minimum Gasteiger partial charge on any atom is -0.482 e. The molecule has 5 nitrogen and oxygen atoms in total. The highest BCUT2D eigenvalue weighted by atomic mass is 16.5. The van der Waals surface area contributed by atoms with E-state index in [-0.39, 0.29) is 36.5 Å². The fraction of sp³-hybridized carbons (Fsp3) is 0.600. The van der Waals surface area contributed by atoms with E-state index >= 15 is 0 Å². The molecule has 0 aromatic heterocycles. The lowest BCUT2D eigenvalue weighted by Gasteiger charge is -2.44. The summed E-state index contributed by atoms with van der Waals surface area (Å²) in [7, 11) is 0. The van der Waals surface area contributed by atoms with Crippen LogP contribution in [0.4, 0.5) is 0 Å². The lowest BCUT2D eigenvalue weighted by Crippen LogP contribution is -2.57. The number of benzene rings is 1. The van der Waals surface area contributed by atoms with Gasteiger partial charge in [-0.1, -0.05) is 68.9 Å². The molecule has 5 heteroatoms. The molecule has 1 aromatic carbocycles. The third-order valence-corrected chi connectivity index (χ3v) is 6.70. The first-order valence-electron chi connectivity index (χ1n) is 11.7. The van der Waals surface area contributed by atoms with Gasteiger partial charge in [-0.15, -0.1) is 0 Å². The Bertz CT molecular complexity index is 753. The second-order valence-corrected chi connectivity index (χ2v) is 8.97. The molecule has 2 saturated carbocycles. The van der Waals surface area contributed by atoms with Crippen LogP contribution in [0.15, 0.2) is 36.1 Å². The molecule has 2 amide bonds. The standard InChI is InChI=1S/C25H34N2O3/c28-24(26-20-13-7-2-1-3-8-14-20)18-27-21-15-9-10-16-22(21)30-23(25(27)29)17-19-11-5-4-6-12-19/h4-6,11-12,17,20-22H,1-3,7-10,13-16,18H2,(H,26,28)/b23-17+. The van der Waals surface area contributed by atoms with Crippen molar-refractivity contribution < 1.29 is 14.3 Å². The van der Waals surface area contributed by atoms with Crippen molar-refractivity contribution >= 4 is 17.9 Å². The number of carbonyl (C=O) groups excluding carboxylic acids is 2. The molecule has 2 unspecified atom stereocenters. The predicted octanol–water partition coefficient (Wildman–Crippen LogP) is 4.43. The number of amides is 2. The molecule has 1 saturated heterocycles. The Morgan fingerprint density at radius 3 is 2.40 bits per heavy atom. The van der Waals surface area contributed by atoms with E-state index in [1.807, 2.05) is 36.4 Å². The summed E-state index contributed by atoms with van der Waals surface area (Å²) < 4.78 is 6.14. The maximum atomic E-state index is 13.3. The largest absolute Gasteiger partial charge is 0.482 e. The Kier molecular flexibility index (Phi) is 7.08. The highest BCUT2D eigenvalue weighted by Gasteiger charge is 2.42. The summed E-state index contributed by atoms with van der Waals surface area (Å²) in [5, 5.41) is 3.22. The van der Waals surface area contributed by atoms with E-state index in [0.29, 0.717) is 5.76 Å². The molecule has 162 valence electrons. The van der Waals surface area contributed by atoms with Gasteiger partial charge in [-0.2, -0.15) is 0 Å². The molecule has 1 aromatic rings. The summed E-state index contributed by atoms with van der Waals surface area (Å²) in [6.07, 6.45) is 14.1. The lowest BCUT2D eigenvalue weighted by atomic mass is 9.89. The first-order chi connectivity index (χ1) is 14.7. The van der Waals surface area contributed by atoms with Gasteiger partial charge >= 0.3 is 0 Å². The number of fused-ring (bicyclic) bond motifs is 1. The van der Waals surface area contributed by atoms with Crippen molar-refractivity contribution in [1.29, 1.82) is 0 Å². The van der Waals surface area contributed by atoms with Crippen LogP contribution in [0.2, 0.25) is 0 Å². The molecule has 3 aliphatic rings. The van der Waals surface area contributed by atoms with E-state index in [2.05, 4.69) is 5.32 Å². The fourth-order valence-corrected chi connectivity index (χ4v) is 5.09. The third-order valence-electron chi connectivity index (χ3n) is 6.70. The zero-order valence-electron chi connectivity index (χ0n) is 17.9. The van der Waals surface area contributed by atoms with E-state index in [1.165, 1.54) is 32.1 Å². The van der Waals surface area contributed by atoms with Crippen molar-refractivity contribution in [2.45, 2.75) is 88.8 Å². The number of carbonyl (C=O) groups is 2. The molecule has 2 aliphatic carbocycles. The van der Waals surface area contributed by atoms with Crippen molar-refractivity contribution in [3.05, 3.63) is 41.7 Å². The van der Waals surface area contributed by atoms with Crippen LogP contribution < -0.4 is 5.32 Å². The number of rotatable bonds is 4. The van der Waals surface area contributed by atoms with Crippen molar-refractivity contribution in [2.24, 2.45) is 0 Å². The average molecular weight is 411 g/mol. The topological polar surface area (TPSA) is 58.6 Å². The fourth-order valence-electron chi connectivity index (χ4n) is 5.09. The summed E-state index contributed by atoms with van der Waals surface area (Å²) in [4.78, 5) is 27.9. The van der Waals surface area contributed by atoms with E-state index in [4.69, 9.17) is 4.74 Å². The molecular formula is C25H34N2O3. The number of ether oxygens (including phenoxy) is 1. The normalized spacial score (nSPS) is 27.0. The zero-order chi connectivity index (χ0) is 20.8. The molecule has 30 heavy (non-hydrogen) atoms. The molecule has 0 bridgehead atoms. The van der Waals surface area contributed by atoms with E-state index in [0.717, 1.165) is 44.1 Å². The molecule has 0 spiro atoms. The predicted molar refractivity (Wildman–Crippen MR) is 118 cm³/mol. The Hall–Kier alpha value is -2.30. The molecule has 4 rings (SSSR count). The van der Waals surface area contributed by atoms with Crippen LogP contribution >= 0.6 is 0 Å². The van der Waals surface area contributed by atoms with Crippen LogP contribution in [0.3, 0.4) is 0 Å². The minimum absolute atomic E-state index is 0.00209. The maximum absolute atomic E-state index is 13.3. The van der Waals surface area contributed by atoms with Crippen molar-refractivity contribution in [2.75, 3.05) is 6.54 Å². The highest BCUT2D eigenvalue weighted by Crippen LogP contribution is 2.33. The van der Waals surface area contributed by atoms with Gasteiger partial charge in [-0.05, 0) is 43.7 Å². The van der Waals surface area contributed by atoms with Gasteiger partial charge < -0.3 is 15.0 Å². The first kappa shape index (κ1) is 21.0. The van der Waals surface area contributed by atoms with Crippen LogP contribution in [-0.4, -0.2) is 41.4 Å². The summed E-state index contributed by atoms with van der Waals surface area (Å²) in [5.41, 5.74) is 0.939.